The Morgan fingerprint density at radius 1 is 1.47 bits per heavy atom. The Labute approximate surface area is 105 Å². The van der Waals surface area contributed by atoms with Crippen LogP contribution in [0.3, 0.4) is 0 Å². The van der Waals surface area contributed by atoms with Crippen molar-refractivity contribution >= 4 is 17.6 Å². The number of hydrogen-bond acceptors (Lipinski definition) is 2. The molecule has 0 radical (unpaired) electrons. The molecule has 1 aromatic rings. The maximum absolute atomic E-state index is 11.5. The lowest BCUT2D eigenvalue weighted by Crippen LogP contribution is -2.42. The number of carboxylic acid groups (broad SMARTS) is 1. The van der Waals surface area contributed by atoms with Crippen LogP contribution in [0.5, 0.6) is 5.75 Å². The highest BCUT2D eigenvalue weighted by Gasteiger charge is 2.47. The van der Waals surface area contributed by atoms with E-state index in [-0.39, 0.29) is 0 Å². The SMILES string of the molecule is COc1cc(Cl)c(C)c(C2(C(=O)O)CCC2)c1. The van der Waals surface area contributed by atoms with E-state index in [0.717, 1.165) is 17.5 Å². The lowest BCUT2D eigenvalue weighted by molar-refractivity contribution is -0.147. The van der Waals surface area contributed by atoms with Gasteiger partial charge in [0.2, 0.25) is 0 Å². The Morgan fingerprint density at radius 3 is 2.53 bits per heavy atom. The van der Waals surface area contributed by atoms with Crippen LogP contribution < -0.4 is 4.74 Å². The number of benzene rings is 1. The van der Waals surface area contributed by atoms with Gasteiger partial charge < -0.3 is 9.84 Å². The van der Waals surface area contributed by atoms with Crippen molar-refractivity contribution < 1.29 is 14.6 Å². The second-order valence-electron chi connectivity index (χ2n) is 4.52. The van der Waals surface area contributed by atoms with Crippen molar-refractivity contribution in [3.63, 3.8) is 0 Å². The van der Waals surface area contributed by atoms with E-state index in [1.165, 1.54) is 0 Å². The Bertz CT molecular complexity index is 464. The van der Waals surface area contributed by atoms with Gasteiger partial charge in [-0.25, -0.2) is 0 Å². The quantitative estimate of drug-likeness (QED) is 0.901. The van der Waals surface area contributed by atoms with Gasteiger partial charge in [-0.3, -0.25) is 4.79 Å². The van der Waals surface area contributed by atoms with Gasteiger partial charge in [0.05, 0.1) is 12.5 Å². The van der Waals surface area contributed by atoms with Crippen LogP contribution in [0, 0.1) is 6.92 Å². The summed E-state index contributed by atoms with van der Waals surface area (Å²) in [7, 11) is 1.55. The number of rotatable bonds is 3. The Morgan fingerprint density at radius 2 is 2.12 bits per heavy atom. The van der Waals surface area contributed by atoms with Gasteiger partial charge in [-0.05, 0) is 43.0 Å². The number of ether oxygens (including phenoxy) is 1. The summed E-state index contributed by atoms with van der Waals surface area (Å²) in [6, 6.07) is 3.52. The molecule has 1 aliphatic rings. The van der Waals surface area contributed by atoms with Gasteiger partial charge in [-0.1, -0.05) is 18.0 Å². The number of carboxylic acids is 1. The molecule has 1 aromatic carbocycles. The minimum absolute atomic E-state index is 0.562. The second kappa shape index (κ2) is 4.22. The third-order valence-electron chi connectivity index (χ3n) is 3.69. The van der Waals surface area contributed by atoms with Crippen molar-refractivity contribution in [2.75, 3.05) is 7.11 Å². The lowest BCUT2D eigenvalue weighted by atomic mass is 9.63. The van der Waals surface area contributed by atoms with Crippen LogP contribution in [-0.2, 0) is 10.2 Å². The van der Waals surface area contributed by atoms with Crippen molar-refractivity contribution in [3.8, 4) is 5.75 Å². The van der Waals surface area contributed by atoms with Gasteiger partial charge in [0.15, 0.2) is 0 Å². The molecule has 0 spiro atoms. The Balaban J connectivity index is 2.57. The number of aliphatic carboxylic acids is 1. The molecule has 0 heterocycles. The highest BCUT2D eigenvalue weighted by molar-refractivity contribution is 6.31. The molecule has 1 aliphatic carbocycles. The molecule has 0 unspecified atom stereocenters. The predicted octanol–water partition coefficient (Wildman–Crippen LogP) is 3.16. The van der Waals surface area contributed by atoms with Crippen LogP contribution in [0.4, 0.5) is 0 Å². The molecule has 0 amide bonds. The van der Waals surface area contributed by atoms with Gasteiger partial charge in [0.25, 0.3) is 0 Å². The van der Waals surface area contributed by atoms with Crippen LogP contribution in [0.2, 0.25) is 5.02 Å². The fraction of sp³-hybridized carbons (Fsp3) is 0.462. The molecule has 0 aromatic heterocycles. The fourth-order valence-corrected chi connectivity index (χ4v) is 2.61. The topological polar surface area (TPSA) is 46.5 Å². The maximum Gasteiger partial charge on any atom is 0.314 e. The summed E-state index contributed by atoms with van der Waals surface area (Å²) >= 11 is 6.12. The maximum atomic E-state index is 11.5. The summed E-state index contributed by atoms with van der Waals surface area (Å²) < 4.78 is 5.16. The second-order valence-corrected chi connectivity index (χ2v) is 4.93. The number of carbonyl (C=O) groups is 1. The molecule has 4 heteroatoms. The summed E-state index contributed by atoms with van der Waals surface area (Å²) in [5, 5.41) is 9.99. The molecular formula is C13H15ClO3. The van der Waals surface area contributed by atoms with Crippen LogP contribution in [0.25, 0.3) is 0 Å². The molecule has 0 saturated heterocycles. The number of halogens is 1. The minimum Gasteiger partial charge on any atom is -0.497 e. The van der Waals surface area contributed by atoms with E-state index in [4.69, 9.17) is 16.3 Å². The first-order valence-electron chi connectivity index (χ1n) is 5.59. The largest absolute Gasteiger partial charge is 0.497 e. The zero-order chi connectivity index (χ0) is 12.6. The summed E-state index contributed by atoms with van der Waals surface area (Å²) in [6.45, 7) is 1.86. The Hall–Kier alpha value is -1.22. The number of hydrogen-bond donors (Lipinski definition) is 1. The number of methoxy groups -OCH3 is 1. The van der Waals surface area contributed by atoms with Crippen LogP contribution in [-0.4, -0.2) is 18.2 Å². The van der Waals surface area contributed by atoms with E-state index < -0.39 is 11.4 Å². The molecule has 3 nitrogen and oxygen atoms in total. The third-order valence-corrected chi connectivity index (χ3v) is 4.08. The third kappa shape index (κ3) is 1.78. The van der Waals surface area contributed by atoms with Crippen LogP contribution in [0.1, 0.15) is 30.4 Å². The molecule has 1 saturated carbocycles. The molecule has 92 valence electrons. The average molecular weight is 255 g/mol. The van der Waals surface area contributed by atoms with Crippen molar-refractivity contribution in [1.82, 2.24) is 0 Å². The highest BCUT2D eigenvalue weighted by atomic mass is 35.5. The molecule has 2 rings (SSSR count). The van der Waals surface area contributed by atoms with E-state index in [0.29, 0.717) is 23.6 Å². The fourth-order valence-electron chi connectivity index (χ4n) is 2.40. The summed E-state index contributed by atoms with van der Waals surface area (Å²) in [6.07, 6.45) is 2.29. The highest BCUT2D eigenvalue weighted by Crippen LogP contribution is 2.47. The van der Waals surface area contributed by atoms with Gasteiger partial charge in [-0.15, -0.1) is 0 Å². The first-order chi connectivity index (χ1) is 8.01. The molecule has 1 N–H and O–H groups in total. The van der Waals surface area contributed by atoms with E-state index in [2.05, 4.69) is 0 Å². The summed E-state index contributed by atoms with van der Waals surface area (Å²) in [5.41, 5.74) is 0.873. The summed E-state index contributed by atoms with van der Waals surface area (Å²) in [5.74, 6) is -0.153. The van der Waals surface area contributed by atoms with Crippen molar-refractivity contribution in [3.05, 3.63) is 28.3 Å². The molecule has 17 heavy (non-hydrogen) atoms. The van der Waals surface area contributed by atoms with Gasteiger partial charge in [-0.2, -0.15) is 0 Å². The van der Waals surface area contributed by atoms with Crippen LogP contribution in [0.15, 0.2) is 12.1 Å². The van der Waals surface area contributed by atoms with Crippen molar-refractivity contribution in [2.24, 2.45) is 0 Å². The van der Waals surface area contributed by atoms with Crippen molar-refractivity contribution in [2.45, 2.75) is 31.6 Å². The monoisotopic (exact) mass is 254 g/mol. The molecular weight excluding hydrogens is 240 g/mol. The van der Waals surface area contributed by atoms with E-state index in [1.54, 1.807) is 19.2 Å². The standard InChI is InChI=1S/C13H15ClO3/c1-8-10(6-9(17-2)7-11(8)14)13(12(15)16)4-3-5-13/h6-7H,3-5H2,1-2H3,(H,15,16). The lowest BCUT2D eigenvalue weighted by Gasteiger charge is -2.39. The van der Waals surface area contributed by atoms with Gasteiger partial charge in [0.1, 0.15) is 5.75 Å². The normalized spacial score (nSPS) is 17.4. The predicted molar refractivity (Wildman–Crippen MR) is 65.9 cm³/mol. The molecule has 0 bridgehead atoms. The van der Waals surface area contributed by atoms with Crippen LogP contribution >= 0.6 is 11.6 Å². The minimum atomic E-state index is -0.767. The van der Waals surface area contributed by atoms with E-state index >= 15 is 0 Å². The molecule has 0 aliphatic heterocycles. The molecule has 1 fully saturated rings. The molecule has 0 atom stereocenters. The summed E-state index contributed by atoms with van der Waals surface area (Å²) in [4.78, 5) is 11.5. The average Bonchev–Trinajstić information content (AvgIpc) is 2.21. The Kier molecular flexibility index (Phi) is 3.04. The van der Waals surface area contributed by atoms with Gasteiger partial charge in [0, 0.05) is 5.02 Å². The smallest absolute Gasteiger partial charge is 0.314 e. The first kappa shape index (κ1) is 12.2. The van der Waals surface area contributed by atoms with E-state index in [1.807, 2.05) is 6.92 Å². The zero-order valence-electron chi connectivity index (χ0n) is 9.92. The van der Waals surface area contributed by atoms with Crippen molar-refractivity contribution in [1.29, 1.82) is 0 Å². The van der Waals surface area contributed by atoms with Gasteiger partial charge >= 0.3 is 5.97 Å². The first-order valence-corrected chi connectivity index (χ1v) is 5.97. The zero-order valence-corrected chi connectivity index (χ0v) is 10.7. The van der Waals surface area contributed by atoms with E-state index in [9.17, 15) is 9.90 Å².